The molecule has 2 aromatic heterocycles. The first kappa shape index (κ1) is 19.2. The van der Waals surface area contributed by atoms with Crippen molar-refractivity contribution in [1.29, 1.82) is 0 Å². The van der Waals surface area contributed by atoms with E-state index in [0.717, 1.165) is 23.3 Å². The summed E-state index contributed by atoms with van der Waals surface area (Å²) in [5.41, 5.74) is 3.15. The van der Waals surface area contributed by atoms with Gasteiger partial charge in [0.15, 0.2) is 5.96 Å². The maximum absolute atomic E-state index is 11.2. The van der Waals surface area contributed by atoms with Gasteiger partial charge in [0.1, 0.15) is 15.5 Å². The maximum atomic E-state index is 11.2. The monoisotopic (exact) mass is 365 g/mol. The molecular formula is C17H27N5O2S. The SMILES string of the molecule is CN=C(NCCc1cn2cccc(C)c2n1)NC(C)CCS(C)(=O)=O. The number of hydrogen-bond donors (Lipinski definition) is 2. The molecule has 0 aromatic carbocycles. The standard InChI is InChI=1S/C17H27N5O2S/c1-13-6-5-10-22-12-15(21-16(13)22)7-9-19-17(18-3)20-14(2)8-11-25(4,23)24/h5-6,10,12,14H,7-9,11H2,1-4H3,(H2,18,19,20). The van der Waals surface area contributed by atoms with Crippen LogP contribution in [0.5, 0.6) is 0 Å². The minimum atomic E-state index is -2.94. The number of rotatable bonds is 7. The molecule has 0 fully saturated rings. The molecule has 0 amide bonds. The van der Waals surface area contributed by atoms with Crippen LogP contribution < -0.4 is 10.6 Å². The van der Waals surface area contributed by atoms with Crippen molar-refractivity contribution in [3.8, 4) is 0 Å². The molecule has 0 saturated heterocycles. The van der Waals surface area contributed by atoms with Gasteiger partial charge in [0.05, 0.1) is 11.4 Å². The van der Waals surface area contributed by atoms with Crippen molar-refractivity contribution in [2.24, 2.45) is 4.99 Å². The fraction of sp³-hybridized carbons (Fsp3) is 0.529. The lowest BCUT2D eigenvalue weighted by molar-refractivity contribution is 0.581. The predicted molar refractivity (Wildman–Crippen MR) is 102 cm³/mol. The highest BCUT2D eigenvalue weighted by Crippen LogP contribution is 2.09. The van der Waals surface area contributed by atoms with Crippen molar-refractivity contribution < 1.29 is 8.42 Å². The first-order valence-electron chi connectivity index (χ1n) is 8.36. The molecule has 2 N–H and O–H groups in total. The summed E-state index contributed by atoms with van der Waals surface area (Å²) in [5, 5.41) is 6.46. The quantitative estimate of drug-likeness (QED) is 0.568. The van der Waals surface area contributed by atoms with Gasteiger partial charge in [-0.3, -0.25) is 4.99 Å². The van der Waals surface area contributed by atoms with E-state index in [2.05, 4.69) is 20.6 Å². The zero-order valence-corrected chi connectivity index (χ0v) is 16.1. The summed E-state index contributed by atoms with van der Waals surface area (Å²) in [6.07, 6.45) is 6.61. The Hall–Kier alpha value is -2.09. The van der Waals surface area contributed by atoms with Crippen molar-refractivity contribution in [1.82, 2.24) is 20.0 Å². The smallest absolute Gasteiger partial charge is 0.191 e. The summed E-state index contributed by atoms with van der Waals surface area (Å²) in [4.78, 5) is 8.83. The van der Waals surface area contributed by atoms with E-state index in [1.165, 1.54) is 6.26 Å². The van der Waals surface area contributed by atoms with Crippen LogP contribution in [0.25, 0.3) is 5.65 Å². The third-order valence-corrected chi connectivity index (χ3v) is 4.91. The number of imidazole rings is 1. The van der Waals surface area contributed by atoms with Gasteiger partial charge in [-0.15, -0.1) is 0 Å². The molecule has 8 heteroatoms. The second-order valence-electron chi connectivity index (χ2n) is 6.37. The number of guanidine groups is 1. The Kier molecular flexibility index (Phi) is 6.41. The molecule has 1 unspecified atom stereocenters. The van der Waals surface area contributed by atoms with Crippen LogP contribution in [0.1, 0.15) is 24.6 Å². The highest BCUT2D eigenvalue weighted by molar-refractivity contribution is 7.90. The largest absolute Gasteiger partial charge is 0.356 e. The Morgan fingerprint density at radius 1 is 1.44 bits per heavy atom. The van der Waals surface area contributed by atoms with Gasteiger partial charge in [-0.25, -0.2) is 13.4 Å². The molecule has 1 atom stereocenters. The number of nitrogens with one attached hydrogen (secondary N) is 2. The van der Waals surface area contributed by atoms with Crippen molar-refractivity contribution in [2.75, 3.05) is 25.6 Å². The van der Waals surface area contributed by atoms with E-state index < -0.39 is 9.84 Å². The summed E-state index contributed by atoms with van der Waals surface area (Å²) in [7, 11) is -1.24. The molecular weight excluding hydrogens is 338 g/mol. The van der Waals surface area contributed by atoms with Crippen LogP contribution in [0, 0.1) is 6.92 Å². The Labute approximate surface area is 149 Å². The molecule has 2 heterocycles. The van der Waals surface area contributed by atoms with Crippen LogP contribution in [0.3, 0.4) is 0 Å². The van der Waals surface area contributed by atoms with Gasteiger partial charge in [0, 0.05) is 44.7 Å². The average molecular weight is 366 g/mol. The first-order valence-corrected chi connectivity index (χ1v) is 10.4. The van der Waals surface area contributed by atoms with E-state index in [-0.39, 0.29) is 11.8 Å². The molecule has 2 rings (SSSR count). The topological polar surface area (TPSA) is 87.9 Å². The highest BCUT2D eigenvalue weighted by atomic mass is 32.2. The molecule has 0 bridgehead atoms. The minimum absolute atomic E-state index is 0.0266. The molecule has 0 aliphatic heterocycles. The third-order valence-electron chi connectivity index (χ3n) is 3.93. The molecule has 25 heavy (non-hydrogen) atoms. The molecule has 0 radical (unpaired) electrons. The van der Waals surface area contributed by atoms with Crippen LogP contribution >= 0.6 is 0 Å². The normalized spacial score (nSPS) is 13.8. The number of nitrogens with zero attached hydrogens (tertiary/aromatic N) is 3. The Morgan fingerprint density at radius 2 is 2.20 bits per heavy atom. The fourth-order valence-electron chi connectivity index (χ4n) is 2.52. The molecule has 2 aromatic rings. The lowest BCUT2D eigenvalue weighted by atomic mass is 10.2. The van der Waals surface area contributed by atoms with Gasteiger partial charge in [-0.05, 0) is 31.9 Å². The van der Waals surface area contributed by atoms with Crippen LogP contribution in [0.15, 0.2) is 29.5 Å². The minimum Gasteiger partial charge on any atom is -0.356 e. The highest BCUT2D eigenvalue weighted by Gasteiger charge is 2.10. The van der Waals surface area contributed by atoms with Crippen LogP contribution in [0.2, 0.25) is 0 Å². The van der Waals surface area contributed by atoms with Gasteiger partial charge in [-0.1, -0.05) is 6.07 Å². The van der Waals surface area contributed by atoms with E-state index in [1.807, 2.05) is 42.8 Å². The van der Waals surface area contributed by atoms with Crippen LogP contribution in [-0.2, 0) is 16.3 Å². The number of aliphatic imine (C=N–C) groups is 1. The predicted octanol–water partition coefficient (Wildman–Crippen LogP) is 1.17. The second kappa shape index (κ2) is 8.33. The Morgan fingerprint density at radius 3 is 2.84 bits per heavy atom. The van der Waals surface area contributed by atoms with E-state index in [1.54, 1.807) is 7.05 Å². The molecule has 0 aliphatic carbocycles. The van der Waals surface area contributed by atoms with Crippen molar-refractivity contribution in [3.63, 3.8) is 0 Å². The maximum Gasteiger partial charge on any atom is 0.191 e. The van der Waals surface area contributed by atoms with E-state index >= 15 is 0 Å². The number of pyridine rings is 1. The number of aromatic nitrogens is 2. The third kappa shape index (κ3) is 6.04. The molecule has 138 valence electrons. The van der Waals surface area contributed by atoms with Crippen molar-refractivity contribution in [2.45, 2.75) is 32.7 Å². The van der Waals surface area contributed by atoms with Gasteiger partial charge >= 0.3 is 0 Å². The van der Waals surface area contributed by atoms with Crippen LogP contribution in [-0.4, -0.2) is 55.4 Å². The molecule has 0 saturated carbocycles. The second-order valence-corrected chi connectivity index (χ2v) is 8.63. The number of sulfone groups is 1. The van der Waals surface area contributed by atoms with Gasteiger partial charge in [0.2, 0.25) is 0 Å². The van der Waals surface area contributed by atoms with E-state index in [4.69, 9.17) is 0 Å². The molecule has 0 aliphatic rings. The Bertz CT molecular complexity index is 842. The van der Waals surface area contributed by atoms with Gasteiger partial charge < -0.3 is 15.0 Å². The van der Waals surface area contributed by atoms with E-state index in [0.29, 0.717) is 18.9 Å². The summed E-state index contributed by atoms with van der Waals surface area (Å²) in [5.74, 6) is 0.833. The average Bonchev–Trinajstić information content (AvgIpc) is 2.96. The fourth-order valence-corrected chi connectivity index (χ4v) is 3.31. The van der Waals surface area contributed by atoms with E-state index in [9.17, 15) is 8.42 Å². The van der Waals surface area contributed by atoms with Gasteiger partial charge in [0.25, 0.3) is 0 Å². The summed E-state index contributed by atoms with van der Waals surface area (Å²) >= 11 is 0. The molecule has 0 spiro atoms. The summed E-state index contributed by atoms with van der Waals surface area (Å²) < 4.78 is 24.5. The molecule has 7 nitrogen and oxygen atoms in total. The zero-order chi connectivity index (χ0) is 18.4. The number of fused-ring (bicyclic) bond motifs is 1. The summed E-state index contributed by atoms with van der Waals surface area (Å²) in [6, 6.07) is 4.09. The number of hydrogen-bond acceptors (Lipinski definition) is 4. The van der Waals surface area contributed by atoms with Crippen molar-refractivity contribution >= 4 is 21.4 Å². The first-order chi connectivity index (χ1) is 11.8. The lowest BCUT2D eigenvalue weighted by Gasteiger charge is -2.17. The van der Waals surface area contributed by atoms with Crippen LogP contribution in [0.4, 0.5) is 0 Å². The summed E-state index contributed by atoms with van der Waals surface area (Å²) in [6.45, 7) is 4.69. The zero-order valence-electron chi connectivity index (χ0n) is 15.3. The lowest BCUT2D eigenvalue weighted by Crippen LogP contribution is -2.43. The van der Waals surface area contributed by atoms with Crippen molar-refractivity contribution in [3.05, 3.63) is 35.8 Å². The number of aryl methyl sites for hydroxylation is 1. The van der Waals surface area contributed by atoms with Gasteiger partial charge in [-0.2, -0.15) is 0 Å². The Balaban J connectivity index is 1.83.